The van der Waals surface area contributed by atoms with Crippen LogP contribution in [0.15, 0.2) is 42.7 Å². The molecule has 2 rings (SSSR count). The molecule has 16 heavy (non-hydrogen) atoms. The zero-order valence-electron chi connectivity index (χ0n) is 8.07. The fourth-order valence-electron chi connectivity index (χ4n) is 1.20. The molecule has 0 spiro atoms. The van der Waals surface area contributed by atoms with Crippen molar-refractivity contribution < 1.29 is 13.2 Å². The van der Waals surface area contributed by atoms with Gasteiger partial charge in [0.15, 0.2) is 0 Å². The summed E-state index contributed by atoms with van der Waals surface area (Å²) in [6.07, 6.45) is -1.09. The predicted octanol–water partition coefficient (Wildman–Crippen LogP) is 2.78. The maximum atomic E-state index is 12.3. The van der Waals surface area contributed by atoms with Gasteiger partial charge in [0.1, 0.15) is 11.5 Å². The average molecular weight is 227 g/mol. The van der Waals surface area contributed by atoms with E-state index in [1.807, 2.05) is 0 Å². The van der Waals surface area contributed by atoms with Crippen LogP contribution in [0, 0.1) is 0 Å². The molecular weight excluding hydrogens is 219 g/mol. The van der Waals surface area contributed by atoms with E-state index in [9.17, 15) is 13.2 Å². The summed E-state index contributed by atoms with van der Waals surface area (Å²) >= 11 is 0. The molecule has 6 heteroatoms. The Morgan fingerprint density at radius 2 is 1.75 bits per heavy atom. The van der Waals surface area contributed by atoms with Gasteiger partial charge in [0.05, 0.1) is 0 Å². The lowest BCUT2D eigenvalue weighted by atomic mass is 10.3. The Morgan fingerprint density at radius 3 is 2.38 bits per heavy atom. The first-order chi connectivity index (χ1) is 7.55. The van der Waals surface area contributed by atoms with Crippen LogP contribution in [0.1, 0.15) is 5.69 Å². The topological polar surface area (TPSA) is 29.9 Å². The van der Waals surface area contributed by atoms with Crippen LogP contribution in [0.25, 0.3) is 0 Å². The summed E-state index contributed by atoms with van der Waals surface area (Å²) in [7, 11) is 0. The Labute approximate surface area is 89.5 Å². The van der Waals surface area contributed by atoms with Gasteiger partial charge in [-0.25, -0.2) is 4.98 Å². The predicted molar refractivity (Wildman–Crippen MR) is 52.7 cm³/mol. The maximum absolute atomic E-state index is 12.3. The van der Waals surface area contributed by atoms with Gasteiger partial charge in [-0.3, -0.25) is 10.1 Å². The molecule has 0 aliphatic heterocycles. The van der Waals surface area contributed by atoms with E-state index in [0.717, 1.165) is 6.07 Å². The molecule has 0 saturated heterocycles. The van der Waals surface area contributed by atoms with Gasteiger partial charge in [0, 0.05) is 12.4 Å². The Kier molecular flexibility index (Phi) is 2.55. The van der Waals surface area contributed by atoms with Crippen molar-refractivity contribution in [2.24, 2.45) is 0 Å². The molecule has 0 saturated carbocycles. The van der Waals surface area contributed by atoms with Gasteiger partial charge in [-0.1, -0.05) is 6.07 Å². The quantitative estimate of drug-likeness (QED) is 0.854. The molecule has 0 aromatic carbocycles. The number of nitrogens with zero attached hydrogens (tertiary/aromatic N) is 2. The summed E-state index contributed by atoms with van der Waals surface area (Å²) in [5, 5.41) is 0. The molecule has 0 aliphatic carbocycles. The second-order valence-corrected chi connectivity index (χ2v) is 3.11. The van der Waals surface area contributed by atoms with Crippen LogP contribution < -0.4 is 5.43 Å². The number of halogens is 3. The number of hydrogen-bond donors (Lipinski definition) is 1. The van der Waals surface area contributed by atoms with Crippen LogP contribution in [-0.2, 0) is 6.18 Å². The Morgan fingerprint density at radius 1 is 1.06 bits per heavy atom. The molecule has 0 bridgehead atoms. The van der Waals surface area contributed by atoms with E-state index in [-0.39, 0.29) is 5.82 Å². The summed E-state index contributed by atoms with van der Waals surface area (Å²) in [5.74, 6) is 0.144. The van der Waals surface area contributed by atoms with Gasteiger partial charge < -0.3 is 0 Å². The van der Waals surface area contributed by atoms with E-state index < -0.39 is 11.9 Å². The molecule has 84 valence electrons. The van der Waals surface area contributed by atoms with Crippen molar-refractivity contribution in [1.82, 2.24) is 9.66 Å². The van der Waals surface area contributed by atoms with Crippen molar-refractivity contribution >= 4 is 5.82 Å². The van der Waals surface area contributed by atoms with E-state index >= 15 is 0 Å². The SMILES string of the molecule is FC(F)(F)c1cccc(Nn2cccc2)n1. The second-order valence-electron chi connectivity index (χ2n) is 3.11. The Balaban J connectivity index is 2.23. The molecule has 2 aromatic rings. The van der Waals surface area contributed by atoms with Crippen LogP contribution in [0.2, 0.25) is 0 Å². The van der Waals surface area contributed by atoms with Crippen LogP contribution in [-0.4, -0.2) is 9.66 Å². The third-order valence-corrected chi connectivity index (χ3v) is 1.89. The molecule has 0 unspecified atom stereocenters. The monoisotopic (exact) mass is 227 g/mol. The van der Waals surface area contributed by atoms with E-state index in [1.165, 1.54) is 16.8 Å². The van der Waals surface area contributed by atoms with Crippen LogP contribution in [0.3, 0.4) is 0 Å². The summed E-state index contributed by atoms with van der Waals surface area (Å²) in [5.41, 5.74) is 1.79. The van der Waals surface area contributed by atoms with E-state index in [2.05, 4.69) is 10.4 Å². The molecule has 0 fully saturated rings. The number of nitrogens with one attached hydrogen (secondary N) is 1. The second kappa shape index (κ2) is 3.88. The van der Waals surface area contributed by atoms with E-state index in [4.69, 9.17) is 0 Å². The minimum Gasteiger partial charge on any atom is -0.278 e. The largest absolute Gasteiger partial charge is 0.433 e. The fourth-order valence-corrected chi connectivity index (χ4v) is 1.20. The molecule has 0 aliphatic rings. The van der Waals surface area contributed by atoms with Crippen molar-refractivity contribution in [3.8, 4) is 0 Å². The number of alkyl halides is 3. The number of pyridine rings is 1. The first kappa shape index (κ1) is 10.5. The highest BCUT2D eigenvalue weighted by Gasteiger charge is 2.32. The molecule has 0 radical (unpaired) electrons. The Hall–Kier alpha value is -1.98. The molecule has 1 N–H and O–H groups in total. The molecule has 2 aromatic heterocycles. The van der Waals surface area contributed by atoms with Crippen LogP contribution >= 0.6 is 0 Å². The summed E-state index contributed by atoms with van der Waals surface area (Å²) in [6, 6.07) is 7.21. The first-order valence-electron chi connectivity index (χ1n) is 4.50. The highest BCUT2D eigenvalue weighted by atomic mass is 19.4. The number of hydrogen-bond acceptors (Lipinski definition) is 2. The third kappa shape index (κ3) is 2.33. The van der Waals surface area contributed by atoms with Crippen molar-refractivity contribution in [1.29, 1.82) is 0 Å². The number of rotatable bonds is 2. The van der Waals surface area contributed by atoms with Gasteiger partial charge in [0.25, 0.3) is 0 Å². The van der Waals surface area contributed by atoms with E-state index in [0.29, 0.717) is 0 Å². The maximum Gasteiger partial charge on any atom is 0.433 e. The normalized spacial score (nSPS) is 11.4. The minimum absolute atomic E-state index is 0.144. The average Bonchev–Trinajstić information content (AvgIpc) is 2.70. The Bertz CT molecular complexity index is 462. The fraction of sp³-hybridized carbons (Fsp3) is 0.100. The van der Waals surface area contributed by atoms with Crippen molar-refractivity contribution in [3.05, 3.63) is 48.4 Å². The molecule has 3 nitrogen and oxygen atoms in total. The zero-order valence-corrected chi connectivity index (χ0v) is 8.07. The van der Waals surface area contributed by atoms with Gasteiger partial charge >= 0.3 is 6.18 Å². The van der Waals surface area contributed by atoms with Crippen molar-refractivity contribution in [3.63, 3.8) is 0 Å². The summed E-state index contributed by atoms with van der Waals surface area (Å²) in [6.45, 7) is 0. The lowest BCUT2D eigenvalue weighted by Crippen LogP contribution is -2.12. The van der Waals surface area contributed by atoms with Gasteiger partial charge in [-0.15, -0.1) is 0 Å². The highest BCUT2D eigenvalue weighted by molar-refractivity contribution is 5.35. The number of anilines is 1. The van der Waals surface area contributed by atoms with Crippen LogP contribution in [0.5, 0.6) is 0 Å². The van der Waals surface area contributed by atoms with Crippen molar-refractivity contribution in [2.45, 2.75) is 6.18 Å². The van der Waals surface area contributed by atoms with E-state index in [1.54, 1.807) is 24.5 Å². The highest BCUT2D eigenvalue weighted by Crippen LogP contribution is 2.28. The molecule has 2 heterocycles. The van der Waals surface area contributed by atoms with Crippen LogP contribution in [0.4, 0.5) is 19.0 Å². The van der Waals surface area contributed by atoms with Gasteiger partial charge in [0.2, 0.25) is 0 Å². The standard InChI is InChI=1S/C10H8F3N3/c11-10(12,13)8-4-3-5-9(14-8)15-16-6-1-2-7-16/h1-7H,(H,14,15). The minimum atomic E-state index is -4.42. The molecule has 0 amide bonds. The third-order valence-electron chi connectivity index (χ3n) is 1.89. The lowest BCUT2D eigenvalue weighted by molar-refractivity contribution is -0.141. The molecule has 0 atom stereocenters. The number of aromatic nitrogens is 2. The summed E-state index contributed by atoms with van der Waals surface area (Å²) < 4.78 is 38.6. The van der Waals surface area contributed by atoms with Gasteiger partial charge in [-0.2, -0.15) is 13.2 Å². The lowest BCUT2D eigenvalue weighted by Gasteiger charge is -2.09. The van der Waals surface area contributed by atoms with Gasteiger partial charge in [-0.05, 0) is 24.3 Å². The smallest absolute Gasteiger partial charge is 0.278 e. The summed E-state index contributed by atoms with van der Waals surface area (Å²) in [4.78, 5) is 3.46. The van der Waals surface area contributed by atoms with Crippen molar-refractivity contribution in [2.75, 3.05) is 5.43 Å². The molecular formula is C10H8F3N3. The first-order valence-corrected chi connectivity index (χ1v) is 4.50. The zero-order chi connectivity index (χ0) is 11.6.